The smallest absolute Gasteiger partial charge is 0.277 e. The number of hydrogen-bond donors (Lipinski definition) is 0. The average Bonchev–Trinajstić information content (AvgIpc) is 2.99. The fraction of sp³-hybridized carbons (Fsp3) is 0.375. The van der Waals surface area contributed by atoms with Crippen LogP contribution in [0.15, 0.2) is 54.4 Å². The van der Waals surface area contributed by atoms with Gasteiger partial charge in [-0.15, -0.1) is 0 Å². The van der Waals surface area contributed by atoms with E-state index in [0.29, 0.717) is 30.9 Å². The number of rotatable bonds is 5. The maximum absolute atomic E-state index is 13.3. The fourth-order valence-electron chi connectivity index (χ4n) is 4.07. The van der Waals surface area contributed by atoms with Gasteiger partial charge in [0.2, 0.25) is 0 Å². The minimum atomic E-state index is -0.181. The average molecular weight is 405 g/mol. The molecule has 156 valence electrons. The number of aryl methyl sites for hydroxylation is 1. The van der Waals surface area contributed by atoms with Gasteiger partial charge in [-0.3, -0.25) is 14.5 Å². The molecule has 30 heavy (non-hydrogen) atoms. The van der Waals surface area contributed by atoms with Gasteiger partial charge < -0.3 is 9.80 Å². The molecule has 2 amide bonds. The van der Waals surface area contributed by atoms with Crippen LogP contribution in [0.5, 0.6) is 0 Å². The van der Waals surface area contributed by atoms with Crippen molar-refractivity contribution in [2.75, 3.05) is 37.6 Å². The highest BCUT2D eigenvalue weighted by Crippen LogP contribution is 2.33. The van der Waals surface area contributed by atoms with Crippen molar-refractivity contribution in [3.05, 3.63) is 65.5 Å². The van der Waals surface area contributed by atoms with E-state index < -0.39 is 0 Å². The van der Waals surface area contributed by atoms with E-state index in [0.717, 1.165) is 30.0 Å². The van der Waals surface area contributed by atoms with Gasteiger partial charge in [-0.2, -0.15) is 0 Å². The van der Waals surface area contributed by atoms with Gasteiger partial charge in [0.25, 0.3) is 11.8 Å². The highest BCUT2D eigenvalue weighted by molar-refractivity contribution is 6.35. The summed E-state index contributed by atoms with van der Waals surface area (Å²) in [6.07, 6.45) is 1.79. The van der Waals surface area contributed by atoms with Crippen molar-refractivity contribution >= 4 is 23.2 Å². The number of aromatic nitrogens is 1. The molecule has 6 nitrogen and oxygen atoms in total. The number of carbonyl (C=O) groups is 2. The minimum Gasteiger partial charge on any atom is -0.363 e. The summed E-state index contributed by atoms with van der Waals surface area (Å²) in [7, 11) is 0. The lowest BCUT2D eigenvalue weighted by Gasteiger charge is -2.37. The Labute approximate surface area is 177 Å². The fourth-order valence-corrected chi connectivity index (χ4v) is 4.07. The van der Waals surface area contributed by atoms with Gasteiger partial charge in [-0.05, 0) is 30.5 Å². The third kappa shape index (κ3) is 3.82. The van der Waals surface area contributed by atoms with Gasteiger partial charge in [0, 0.05) is 38.9 Å². The molecule has 1 aromatic heterocycles. The van der Waals surface area contributed by atoms with Crippen molar-refractivity contribution in [2.24, 2.45) is 5.92 Å². The second-order valence-electron chi connectivity index (χ2n) is 8.37. The monoisotopic (exact) mass is 404 g/mol. The van der Waals surface area contributed by atoms with Gasteiger partial charge in [-0.1, -0.05) is 49.7 Å². The number of pyridine rings is 1. The third-order valence-electron chi connectivity index (χ3n) is 5.60. The molecule has 4 rings (SSSR count). The predicted molar refractivity (Wildman–Crippen MR) is 118 cm³/mol. The van der Waals surface area contributed by atoms with Crippen molar-refractivity contribution in [2.45, 2.75) is 20.8 Å². The minimum absolute atomic E-state index is 0.171. The van der Waals surface area contributed by atoms with E-state index in [4.69, 9.17) is 0 Å². The van der Waals surface area contributed by atoms with Gasteiger partial charge >= 0.3 is 0 Å². The molecule has 1 fully saturated rings. The van der Waals surface area contributed by atoms with Gasteiger partial charge in [0.1, 0.15) is 11.5 Å². The van der Waals surface area contributed by atoms with Crippen molar-refractivity contribution in [1.82, 2.24) is 14.8 Å². The largest absolute Gasteiger partial charge is 0.363 e. The number of benzene rings is 1. The number of imide groups is 1. The summed E-state index contributed by atoms with van der Waals surface area (Å²) in [5.41, 5.74) is 3.02. The zero-order chi connectivity index (χ0) is 21.3. The normalized spacial score (nSPS) is 17.5. The molecule has 0 N–H and O–H groups in total. The van der Waals surface area contributed by atoms with E-state index in [9.17, 15) is 9.59 Å². The summed E-state index contributed by atoms with van der Waals surface area (Å²) >= 11 is 0. The van der Waals surface area contributed by atoms with Crippen LogP contribution >= 0.6 is 0 Å². The Balaban J connectivity index is 1.64. The van der Waals surface area contributed by atoms with Crippen LogP contribution < -0.4 is 4.90 Å². The van der Waals surface area contributed by atoms with Crippen LogP contribution in [-0.2, 0) is 9.59 Å². The molecule has 1 saturated heterocycles. The van der Waals surface area contributed by atoms with E-state index in [-0.39, 0.29) is 17.7 Å². The zero-order valence-corrected chi connectivity index (χ0v) is 17.8. The molecule has 6 heteroatoms. The SMILES string of the molecule is Cc1ccc(C2=C(N3CCN(c4ccccn4)CC3)C(=O)N(CC(C)C)C2=O)cc1. The van der Waals surface area contributed by atoms with E-state index in [1.807, 2.05) is 63.2 Å². The van der Waals surface area contributed by atoms with Gasteiger partial charge in [-0.25, -0.2) is 4.98 Å². The molecule has 2 aliphatic heterocycles. The summed E-state index contributed by atoms with van der Waals surface area (Å²) in [5, 5.41) is 0. The Morgan fingerprint density at radius 3 is 2.17 bits per heavy atom. The highest BCUT2D eigenvalue weighted by atomic mass is 16.2. The third-order valence-corrected chi connectivity index (χ3v) is 5.60. The van der Waals surface area contributed by atoms with E-state index >= 15 is 0 Å². The number of carbonyl (C=O) groups excluding carboxylic acids is 2. The summed E-state index contributed by atoms with van der Waals surface area (Å²) in [5.74, 6) is 0.813. The molecule has 0 unspecified atom stereocenters. The Kier molecular flexibility index (Phi) is 5.57. The first-order chi connectivity index (χ1) is 14.5. The predicted octanol–water partition coefficient (Wildman–Crippen LogP) is 2.95. The zero-order valence-electron chi connectivity index (χ0n) is 17.8. The number of nitrogens with zero attached hydrogens (tertiary/aromatic N) is 4. The Hall–Kier alpha value is -3.15. The molecular weight excluding hydrogens is 376 g/mol. The molecule has 2 aromatic rings. The molecule has 0 bridgehead atoms. The molecule has 3 heterocycles. The maximum Gasteiger partial charge on any atom is 0.277 e. The van der Waals surface area contributed by atoms with Gasteiger partial charge in [0.15, 0.2) is 0 Å². The van der Waals surface area contributed by atoms with Crippen molar-refractivity contribution < 1.29 is 9.59 Å². The lowest BCUT2D eigenvalue weighted by Crippen LogP contribution is -2.48. The molecule has 0 saturated carbocycles. The van der Waals surface area contributed by atoms with Crippen LogP contribution in [0.4, 0.5) is 5.82 Å². The van der Waals surface area contributed by atoms with E-state index in [1.165, 1.54) is 4.90 Å². The number of anilines is 1. The first-order valence-corrected chi connectivity index (χ1v) is 10.5. The number of piperazine rings is 1. The van der Waals surface area contributed by atoms with Crippen LogP contribution in [0, 0.1) is 12.8 Å². The Bertz CT molecular complexity index is 958. The van der Waals surface area contributed by atoms with Crippen LogP contribution in [0.2, 0.25) is 0 Å². The summed E-state index contributed by atoms with van der Waals surface area (Å²) in [4.78, 5) is 36.8. The lowest BCUT2D eigenvalue weighted by atomic mass is 10.0. The summed E-state index contributed by atoms with van der Waals surface area (Å²) < 4.78 is 0. The molecular formula is C24H28N4O2. The molecule has 0 aliphatic carbocycles. The van der Waals surface area contributed by atoms with E-state index in [2.05, 4.69) is 14.8 Å². The summed E-state index contributed by atoms with van der Waals surface area (Å²) in [6.45, 7) is 9.37. The standard InChI is InChI=1S/C24H28N4O2/c1-17(2)16-28-23(29)21(19-9-7-18(3)8-10-19)22(24(28)30)27-14-12-26(13-15-27)20-6-4-5-11-25-20/h4-11,17H,12-16H2,1-3H3. The van der Waals surface area contributed by atoms with Crippen LogP contribution in [0.3, 0.4) is 0 Å². The van der Waals surface area contributed by atoms with Crippen LogP contribution in [0.25, 0.3) is 5.57 Å². The number of amides is 2. The van der Waals surface area contributed by atoms with Crippen molar-refractivity contribution in [3.8, 4) is 0 Å². The molecule has 2 aliphatic rings. The highest BCUT2D eigenvalue weighted by Gasteiger charge is 2.42. The molecule has 0 spiro atoms. The second kappa shape index (κ2) is 8.30. The van der Waals surface area contributed by atoms with Crippen LogP contribution in [0.1, 0.15) is 25.0 Å². The number of hydrogen-bond acceptors (Lipinski definition) is 5. The molecule has 0 radical (unpaired) electrons. The second-order valence-corrected chi connectivity index (χ2v) is 8.37. The van der Waals surface area contributed by atoms with Crippen LogP contribution in [-0.4, -0.2) is 59.3 Å². The molecule has 0 atom stereocenters. The first kappa shape index (κ1) is 20.1. The first-order valence-electron chi connectivity index (χ1n) is 10.5. The van der Waals surface area contributed by atoms with Crippen molar-refractivity contribution in [1.29, 1.82) is 0 Å². The van der Waals surface area contributed by atoms with Gasteiger partial charge in [0.05, 0.1) is 5.57 Å². The maximum atomic E-state index is 13.3. The summed E-state index contributed by atoms with van der Waals surface area (Å²) in [6, 6.07) is 13.8. The Morgan fingerprint density at radius 2 is 1.57 bits per heavy atom. The molecule has 1 aromatic carbocycles. The topological polar surface area (TPSA) is 56.8 Å². The lowest BCUT2D eigenvalue weighted by molar-refractivity contribution is -0.138. The Morgan fingerprint density at radius 1 is 0.900 bits per heavy atom. The quantitative estimate of drug-likeness (QED) is 0.717. The van der Waals surface area contributed by atoms with E-state index in [1.54, 1.807) is 6.20 Å². The van der Waals surface area contributed by atoms with Crippen molar-refractivity contribution in [3.63, 3.8) is 0 Å².